The molecule has 0 saturated heterocycles. The molecule has 0 N–H and O–H groups in total. The number of hydrogen-bond donors (Lipinski definition) is 0. The van der Waals surface area contributed by atoms with Crippen LogP contribution < -0.4 is 24.8 Å². The normalized spacial score (nSPS) is 17.0. The summed E-state index contributed by atoms with van der Waals surface area (Å²) in [6, 6.07) is 2.56. The maximum atomic E-state index is 3.64. The van der Waals surface area contributed by atoms with Crippen LogP contribution in [0.4, 0.5) is 0 Å². The van der Waals surface area contributed by atoms with Crippen molar-refractivity contribution in [3.63, 3.8) is 0 Å². The van der Waals surface area contributed by atoms with E-state index in [1.165, 1.54) is 23.2 Å². The maximum absolute atomic E-state index is 3.64. The quantitative estimate of drug-likeness (QED) is 0.340. The van der Waals surface area contributed by atoms with Crippen molar-refractivity contribution in [3.8, 4) is 0 Å². The fourth-order valence-electron chi connectivity index (χ4n) is 3.27. The molecule has 2 rings (SSSR count). The standard InChI is InChI=1S/C16H22Si.2ClH.Hf/c1-5-17(6-2,15-11-7-9-13(15)3)16-12-8-10-14(16)4;;;/h9-10H,5-8H2,1-4H3;2*1H;/q-2;;;+4/p-2. The third-order valence-electron chi connectivity index (χ3n) is 4.33. The molecular formula is C16H22Cl2HfSi. The van der Waals surface area contributed by atoms with E-state index in [1.807, 2.05) is 0 Å². The second-order valence-corrected chi connectivity index (χ2v) is 9.65. The summed E-state index contributed by atoms with van der Waals surface area (Å²) in [5.41, 5.74) is 2.96. The Hall–Kier alpha value is 0.627. The topological polar surface area (TPSA) is 0 Å². The van der Waals surface area contributed by atoms with Gasteiger partial charge in [0.15, 0.2) is 0 Å². The minimum Gasteiger partial charge on any atom is -1.00 e. The zero-order valence-corrected chi connectivity index (χ0v) is 18.8. The van der Waals surface area contributed by atoms with E-state index in [4.69, 9.17) is 0 Å². The molecule has 0 aromatic rings. The van der Waals surface area contributed by atoms with Gasteiger partial charge in [0.25, 0.3) is 0 Å². The van der Waals surface area contributed by atoms with Crippen molar-refractivity contribution in [3.05, 3.63) is 45.8 Å². The summed E-state index contributed by atoms with van der Waals surface area (Å²) < 4.78 is 0. The fraction of sp³-hybridized carbons (Fsp3) is 0.500. The van der Waals surface area contributed by atoms with Gasteiger partial charge in [0.2, 0.25) is 0 Å². The average molecular weight is 492 g/mol. The van der Waals surface area contributed by atoms with E-state index >= 15 is 0 Å². The maximum Gasteiger partial charge on any atom is 4.00 e. The minimum absolute atomic E-state index is 0. The number of hydrogen-bond acceptors (Lipinski definition) is 0. The van der Waals surface area contributed by atoms with Gasteiger partial charge in [-0.3, -0.25) is 12.2 Å². The predicted octanol–water partition coefficient (Wildman–Crippen LogP) is -1.28. The van der Waals surface area contributed by atoms with Crippen LogP contribution in [-0.2, 0) is 25.8 Å². The average Bonchev–Trinajstić information content (AvgIpc) is 2.93. The first-order valence-corrected chi connectivity index (χ1v) is 9.14. The fourth-order valence-corrected chi connectivity index (χ4v) is 8.03. The molecule has 0 atom stereocenters. The van der Waals surface area contributed by atoms with Crippen molar-refractivity contribution in [2.75, 3.05) is 0 Å². The Labute approximate surface area is 156 Å². The van der Waals surface area contributed by atoms with E-state index in [-0.39, 0.29) is 50.7 Å². The Morgan fingerprint density at radius 3 is 1.45 bits per heavy atom. The van der Waals surface area contributed by atoms with Gasteiger partial charge in [0.05, 0.1) is 0 Å². The second kappa shape index (κ2) is 9.60. The van der Waals surface area contributed by atoms with Gasteiger partial charge in [-0.25, -0.2) is 21.5 Å². The van der Waals surface area contributed by atoms with E-state index in [2.05, 4.69) is 52.0 Å². The van der Waals surface area contributed by atoms with Gasteiger partial charge < -0.3 is 24.8 Å². The predicted molar refractivity (Wildman–Crippen MR) is 77.0 cm³/mol. The smallest absolute Gasteiger partial charge is 1.00 e. The van der Waals surface area contributed by atoms with Crippen LogP contribution in [0.15, 0.2) is 33.7 Å². The van der Waals surface area contributed by atoms with Crippen LogP contribution in [0.5, 0.6) is 0 Å². The second-order valence-electron chi connectivity index (χ2n) is 5.08. The van der Waals surface area contributed by atoms with E-state index in [9.17, 15) is 0 Å². The zero-order valence-electron chi connectivity index (χ0n) is 12.7. The molecule has 0 aromatic carbocycles. The Morgan fingerprint density at radius 1 is 0.900 bits per heavy atom. The first kappa shape index (κ1) is 22.9. The molecule has 4 heteroatoms. The van der Waals surface area contributed by atoms with E-state index < -0.39 is 8.07 Å². The number of allylic oxidation sites excluding steroid dienone is 8. The van der Waals surface area contributed by atoms with Gasteiger partial charge >= 0.3 is 25.8 Å². The van der Waals surface area contributed by atoms with Gasteiger partial charge in [-0.05, 0) is 0 Å². The van der Waals surface area contributed by atoms with Crippen LogP contribution in [0.2, 0.25) is 12.1 Å². The largest absolute Gasteiger partial charge is 4.00 e. The van der Waals surface area contributed by atoms with Gasteiger partial charge in [-0.15, -0.1) is 26.7 Å². The van der Waals surface area contributed by atoms with E-state index in [0.29, 0.717) is 0 Å². The molecule has 0 bridgehead atoms. The van der Waals surface area contributed by atoms with Crippen molar-refractivity contribution < 1.29 is 50.7 Å². The molecular weight excluding hydrogens is 470 g/mol. The monoisotopic (exact) mass is 492 g/mol. The van der Waals surface area contributed by atoms with Crippen molar-refractivity contribution in [1.82, 2.24) is 0 Å². The summed E-state index contributed by atoms with van der Waals surface area (Å²) in [7, 11) is -1.53. The first-order valence-electron chi connectivity index (χ1n) is 6.72. The molecule has 0 nitrogen and oxygen atoms in total. The third-order valence-corrected chi connectivity index (χ3v) is 9.80. The number of halogens is 2. The van der Waals surface area contributed by atoms with Crippen LogP contribution >= 0.6 is 0 Å². The summed E-state index contributed by atoms with van der Waals surface area (Å²) in [5, 5.41) is 3.14. The van der Waals surface area contributed by atoms with Gasteiger partial charge in [0.1, 0.15) is 0 Å². The zero-order chi connectivity index (χ0) is 12.5. The van der Waals surface area contributed by atoms with Crippen molar-refractivity contribution in [2.24, 2.45) is 0 Å². The molecule has 0 aromatic heterocycles. The molecule has 0 fully saturated rings. The minimum atomic E-state index is -1.53. The van der Waals surface area contributed by atoms with Gasteiger partial charge in [-0.2, -0.15) is 12.2 Å². The summed E-state index contributed by atoms with van der Waals surface area (Å²) in [6.45, 7) is 9.24. The number of rotatable bonds is 4. The van der Waals surface area contributed by atoms with Crippen molar-refractivity contribution in [1.29, 1.82) is 0 Å². The molecule has 0 heterocycles. The van der Waals surface area contributed by atoms with Crippen LogP contribution in [-0.4, -0.2) is 8.07 Å². The van der Waals surface area contributed by atoms with E-state index in [0.717, 1.165) is 12.8 Å². The third kappa shape index (κ3) is 3.88. The van der Waals surface area contributed by atoms with Gasteiger partial charge in [0, 0.05) is 8.07 Å². The van der Waals surface area contributed by atoms with Gasteiger partial charge in [-0.1, -0.05) is 25.9 Å². The van der Waals surface area contributed by atoms with Crippen LogP contribution in [0.1, 0.15) is 40.5 Å². The molecule has 0 saturated carbocycles. The molecule has 2 aliphatic rings. The molecule has 108 valence electrons. The Balaban J connectivity index is 0. The first-order chi connectivity index (χ1) is 8.15. The Kier molecular flexibility index (Phi) is 11.0. The van der Waals surface area contributed by atoms with Crippen LogP contribution in [0, 0.1) is 12.2 Å². The Morgan fingerprint density at radius 2 is 1.25 bits per heavy atom. The summed E-state index contributed by atoms with van der Waals surface area (Å²) in [4.78, 5) is 0. The molecule has 2 aliphatic carbocycles. The SMILES string of the molecule is CC[Si](CC)(C1=[C-]CC=C1C)C1=[C-]CC=C1C.[Cl-].[Cl-].[Hf+4]. The Bertz CT molecular complexity index is 405. The van der Waals surface area contributed by atoms with Crippen molar-refractivity contribution >= 4 is 8.07 Å². The van der Waals surface area contributed by atoms with Crippen LogP contribution in [0.25, 0.3) is 0 Å². The summed E-state index contributed by atoms with van der Waals surface area (Å²) in [6.07, 6.45) is 14.0. The summed E-state index contributed by atoms with van der Waals surface area (Å²) in [5.74, 6) is 0. The molecule has 0 unspecified atom stereocenters. The van der Waals surface area contributed by atoms with Crippen LogP contribution in [0.3, 0.4) is 0 Å². The molecule has 20 heavy (non-hydrogen) atoms. The summed E-state index contributed by atoms with van der Waals surface area (Å²) >= 11 is 0. The van der Waals surface area contributed by atoms with E-state index in [1.54, 1.807) is 10.4 Å². The van der Waals surface area contributed by atoms with Crippen molar-refractivity contribution in [2.45, 2.75) is 52.6 Å². The molecule has 0 spiro atoms. The molecule has 0 amide bonds. The molecule has 0 aliphatic heterocycles. The molecule has 0 radical (unpaired) electrons.